The van der Waals surface area contributed by atoms with Crippen LogP contribution in [0.3, 0.4) is 0 Å². The normalized spacial score (nSPS) is 11.6. The average Bonchev–Trinajstić information content (AvgIpc) is 2.27. The van der Waals surface area contributed by atoms with Crippen LogP contribution >= 0.6 is 0 Å². The van der Waals surface area contributed by atoms with Gasteiger partial charge in [-0.25, -0.2) is 19.9 Å². The molecule has 0 spiro atoms. The molecule has 0 amide bonds. The summed E-state index contributed by atoms with van der Waals surface area (Å²) in [6.45, 7) is 0. The summed E-state index contributed by atoms with van der Waals surface area (Å²) < 4.78 is 20.9. The second-order valence-corrected chi connectivity index (χ2v) is 2.04. The maximum absolute atomic E-state index is 6.99. The molecule has 0 saturated heterocycles. The standard InChI is InChI=1S/2C4H5N3/c2*5-4-6-2-1-3-7-4/h2*1-3H,(H2,5,6,7)/i1D,2D,3D;. The molecule has 0 bridgehead atoms. The second kappa shape index (κ2) is 5.41. The number of hydrogen-bond donors (Lipinski definition) is 2. The van der Waals surface area contributed by atoms with Crippen LogP contribution in [0.4, 0.5) is 11.9 Å². The topological polar surface area (TPSA) is 104 Å². The maximum Gasteiger partial charge on any atom is 0.219 e. The Morgan fingerprint density at radius 3 is 1.86 bits per heavy atom. The zero-order chi connectivity index (χ0) is 12.8. The Bertz CT molecular complexity index is 469. The third kappa shape index (κ3) is 3.96. The molecule has 0 aliphatic heterocycles. The molecule has 0 radical (unpaired) electrons. The molecule has 2 aromatic heterocycles. The van der Waals surface area contributed by atoms with E-state index in [1.807, 2.05) is 0 Å². The molecule has 6 heteroatoms. The van der Waals surface area contributed by atoms with Gasteiger partial charge in [-0.15, -0.1) is 0 Å². The molecule has 0 saturated carbocycles. The molecule has 72 valence electrons. The Hall–Kier alpha value is -2.24. The van der Waals surface area contributed by atoms with Gasteiger partial charge in [-0.05, 0) is 12.1 Å². The first kappa shape index (κ1) is 6.25. The minimum atomic E-state index is -0.308. The van der Waals surface area contributed by atoms with Gasteiger partial charge in [0.1, 0.15) is 0 Å². The van der Waals surface area contributed by atoms with Crippen LogP contribution in [0.1, 0.15) is 4.11 Å². The Morgan fingerprint density at radius 2 is 1.43 bits per heavy atom. The third-order valence-corrected chi connectivity index (χ3v) is 1.04. The van der Waals surface area contributed by atoms with Gasteiger partial charge >= 0.3 is 0 Å². The van der Waals surface area contributed by atoms with Crippen LogP contribution in [0.25, 0.3) is 0 Å². The van der Waals surface area contributed by atoms with Crippen molar-refractivity contribution in [3.63, 3.8) is 0 Å². The SMILES string of the molecule is Nc1ncccn1.[2H]c1nc(N)nc([2H])c1[2H]. The number of nitrogens with zero attached hydrogens (tertiary/aromatic N) is 4. The summed E-state index contributed by atoms with van der Waals surface area (Å²) in [5.74, 6) is 0.188. The van der Waals surface area contributed by atoms with E-state index in [9.17, 15) is 0 Å². The molecule has 0 aliphatic rings. The van der Waals surface area contributed by atoms with Crippen LogP contribution in [0.5, 0.6) is 0 Å². The summed E-state index contributed by atoms with van der Waals surface area (Å²) in [4.78, 5) is 14.0. The van der Waals surface area contributed by atoms with Gasteiger partial charge in [-0.2, -0.15) is 0 Å². The first-order chi connectivity index (χ1) is 8.00. The van der Waals surface area contributed by atoms with Crippen LogP contribution in [0.2, 0.25) is 0 Å². The summed E-state index contributed by atoms with van der Waals surface area (Å²) in [6.07, 6.45) is 2.58. The average molecular weight is 193 g/mol. The van der Waals surface area contributed by atoms with E-state index in [1.54, 1.807) is 18.5 Å². The number of hydrogen-bond acceptors (Lipinski definition) is 6. The highest BCUT2D eigenvalue weighted by Crippen LogP contribution is 1.82. The summed E-state index contributed by atoms with van der Waals surface area (Å²) in [7, 11) is 0. The highest BCUT2D eigenvalue weighted by Gasteiger charge is 1.75. The molecule has 4 N–H and O–H groups in total. The van der Waals surface area contributed by atoms with Gasteiger partial charge < -0.3 is 11.5 Å². The smallest absolute Gasteiger partial charge is 0.219 e. The molecular formula is C8H10N6. The van der Waals surface area contributed by atoms with Gasteiger partial charge in [0.15, 0.2) is 0 Å². The summed E-state index contributed by atoms with van der Waals surface area (Å²) in [6, 6.07) is 1.42. The lowest BCUT2D eigenvalue weighted by Gasteiger charge is -1.82. The van der Waals surface area contributed by atoms with Gasteiger partial charge in [-0.3, -0.25) is 0 Å². The van der Waals surface area contributed by atoms with E-state index >= 15 is 0 Å². The first-order valence-electron chi connectivity index (χ1n) is 5.10. The van der Waals surface area contributed by atoms with Crippen molar-refractivity contribution in [2.24, 2.45) is 0 Å². The Balaban J connectivity index is 0.000000181. The molecule has 2 rings (SSSR count). The summed E-state index contributed by atoms with van der Waals surface area (Å²) in [5.41, 5.74) is 10.2. The highest BCUT2D eigenvalue weighted by molar-refractivity contribution is 5.11. The lowest BCUT2D eigenvalue weighted by Crippen LogP contribution is -1.90. The molecule has 6 nitrogen and oxygen atoms in total. The van der Waals surface area contributed by atoms with E-state index in [0.717, 1.165) is 0 Å². The van der Waals surface area contributed by atoms with E-state index in [-0.39, 0.29) is 24.3 Å². The van der Waals surface area contributed by atoms with Crippen LogP contribution in [-0.2, 0) is 0 Å². The van der Waals surface area contributed by atoms with Crippen molar-refractivity contribution in [1.82, 2.24) is 19.9 Å². The van der Waals surface area contributed by atoms with Crippen molar-refractivity contribution >= 4 is 11.9 Å². The molecular weight excluding hydrogens is 180 g/mol. The first-order valence-corrected chi connectivity index (χ1v) is 3.60. The van der Waals surface area contributed by atoms with Crippen molar-refractivity contribution in [1.29, 1.82) is 0 Å². The molecule has 0 aromatic carbocycles. The minimum Gasteiger partial charge on any atom is -0.368 e. The fourth-order valence-electron chi connectivity index (χ4n) is 0.531. The van der Waals surface area contributed by atoms with Gasteiger partial charge in [-0.1, -0.05) is 0 Å². The van der Waals surface area contributed by atoms with Crippen LogP contribution in [0, 0.1) is 0 Å². The van der Waals surface area contributed by atoms with Crippen LogP contribution < -0.4 is 11.5 Å². The largest absolute Gasteiger partial charge is 0.368 e. The fourth-order valence-corrected chi connectivity index (χ4v) is 0.531. The number of nitrogens with two attached hydrogens (primary N) is 2. The lowest BCUT2D eigenvalue weighted by atomic mass is 10.7. The van der Waals surface area contributed by atoms with E-state index in [0.29, 0.717) is 5.95 Å². The summed E-state index contributed by atoms with van der Waals surface area (Å²) in [5, 5.41) is 0. The van der Waals surface area contributed by atoms with E-state index in [1.165, 1.54) is 0 Å². The minimum absolute atomic E-state index is 0.133. The molecule has 2 aromatic rings. The Labute approximate surface area is 85.3 Å². The molecule has 0 aliphatic carbocycles. The number of aromatic nitrogens is 4. The van der Waals surface area contributed by atoms with Gasteiger partial charge in [0, 0.05) is 24.7 Å². The summed E-state index contributed by atoms with van der Waals surface area (Å²) >= 11 is 0. The van der Waals surface area contributed by atoms with Crippen LogP contribution in [0.15, 0.2) is 36.8 Å². The van der Waals surface area contributed by atoms with E-state index < -0.39 is 0 Å². The lowest BCUT2D eigenvalue weighted by molar-refractivity contribution is 1.19. The van der Waals surface area contributed by atoms with Crippen molar-refractivity contribution < 1.29 is 4.11 Å². The predicted molar refractivity (Wildman–Crippen MR) is 52.9 cm³/mol. The second-order valence-electron chi connectivity index (χ2n) is 2.04. The Kier molecular flexibility index (Phi) is 2.42. The molecule has 0 fully saturated rings. The van der Waals surface area contributed by atoms with Crippen molar-refractivity contribution in [2.45, 2.75) is 0 Å². The molecule has 2 heterocycles. The predicted octanol–water partition coefficient (Wildman–Crippen LogP) is 0.118. The van der Waals surface area contributed by atoms with Crippen molar-refractivity contribution in [3.8, 4) is 0 Å². The van der Waals surface area contributed by atoms with Crippen molar-refractivity contribution in [2.75, 3.05) is 11.5 Å². The maximum atomic E-state index is 6.99. The van der Waals surface area contributed by atoms with Crippen LogP contribution in [-0.4, -0.2) is 19.9 Å². The number of rotatable bonds is 0. The highest BCUT2D eigenvalue weighted by atomic mass is 15.0. The Morgan fingerprint density at radius 1 is 0.929 bits per heavy atom. The zero-order valence-corrected chi connectivity index (χ0v) is 7.18. The van der Waals surface area contributed by atoms with Gasteiger partial charge in [0.2, 0.25) is 11.9 Å². The van der Waals surface area contributed by atoms with Gasteiger partial charge in [0.05, 0.1) is 4.11 Å². The van der Waals surface area contributed by atoms with E-state index in [2.05, 4.69) is 19.9 Å². The molecule has 0 atom stereocenters. The number of anilines is 2. The zero-order valence-electron chi connectivity index (χ0n) is 10.2. The quantitative estimate of drug-likeness (QED) is 0.615. The molecule has 0 unspecified atom stereocenters. The van der Waals surface area contributed by atoms with E-state index in [4.69, 9.17) is 15.6 Å². The molecule has 14 heavy (non-hydrogen) atoms. The van der Waals surface area contributed by atoms with Crippen molar-refractivity contribution in [3.05, 3.63) is 36.8 Å². The van der Waals surface area contributed by atoms with Gasteiger partial charge in [0.25, 0.3) is 0 Å². The monoisotopic (exact) mass is 193 g/mol. The third-order valence-electron chi connectivity index (χ3n) is 1.04. The fraction of sp³-hybridized carbons (Fsp3) is 0. The number of nitrogen functional groups attached to an aromatic ring is 2.